The molecule has 0 aliphatic heterocycles. The van der Waals surface area contributed by atoms with Gasteiger partial charge >= 0.3 is 0 Å². The second-order valence-electron chi connectivity index (χ2n) is 5.25. The zero-order chi connectivity index (χ0) is 15.4. The zero-order valence-corrected chi connectivity index (χ0v) is 12.7. The summed E-state index contributed by atoms with van der Waals surface area (Å²) in [6.45, 7) is 4.99. The summed E-state index contributed by atoms with van der Waals surface area (Å²) in [7, 11) is 0. The van der Waals surface area contributed by atoms with Crippen molar-refractivity contribution in [2.45, 2.75) is 20.4 Å². The number of halogens is 2. The first-order valence-electron chi connectivity index (χ1n) is 6.70. The Kier molecular flexibility index (Phi) is 4.96. The second kappa shape index (κ2) is 6.72. The van der Waals surface area contributed by atoms with Gasteiger partial charge in [0.2, 0.25) is 0 Å². The third-order valence-electron chi connectivity index (χ3n) is 2.92. The predicted molar refractivity (Wildman–Crippen MR) is 82.3 cm³/mol. The lowest BCUT2D eigenvalue weighted by Crippen LogP contribution is -2.24. The van der Waals surface area contributed by atoms with Crippen molar-refractivity contribution in [2.24, 2.45) is 5.92 Å². The summed E-state index contributed by atoms with van der Waals surface area (Å²) >= 11 is 5.70. The van der Waals surface area contributed by atoms with Crippen LogP contribution >= 0.6 is 11.6 Å². The Morgan fingerprint density at radius 3 is 2.76 bits per heavy atom. The van der Waals surface area contributed by atoms with Crippen LogP contribution in [0.4, 0.5) is 10.1 Å². The highest BCUT2D eigenvalue weighted by Crippen LogP contribution is 2.15. The van der Waals surface area contributed by atoms with Gasteiger partial charge in [-0.05, 0) is 18.1 Å². The lowest BCUT2D eigenvalue weighted by atomic mass is 10.2. The average Bonchev–Trinajstić information content (AvgIpc) is 2.42. The highest BCUT2D eigenvalue weighted by Gasteiger charge is 2.07. The molecule has 0 radical (unpaired) electrons. The van der Waals surface area contributed by atoms with E-state index in [9.17, 15) is 9.18 Å². The number of hydrogen-bond donors (Lipinski definition) is 1. The summed E-state index contributed by atoms with van der Waals surface area (Å²) in [5.74, 6) is 0.0220. The summed E-state index contributed by atoms with van der Waals surface area (Å²) < 4.78 is 14.9. The molecule has 1 heterocycles. The predicted octanol–water partition coefficient (Wildman–Crippen LogP) is 3.15. The molecule has 0 saturated carbocycles. The molecule has 0 amide bonds. The number of anilines is 1. The molecule has 1 aromatic heterocycles. The number of benzene rings is 1. The van der Waals surface area contributed by atoms with E-state index in [1.165, 1.54) is 16.8 Å². The third kappa shape index (κ3) is 4.29. The van der Waals surface area contributed by atoms with Gasteiger partial charge in [0.15, 0.2) is 0 Å². The van der Waals surface area contributed by atoms with Crippen LogP contribution in [-0.4, -0.2) is 16.3 Å². The molecule has 0 saturated heterocycles. The summed E-state index contributed by atoms with van der Waals surface area (Å²) in [4.78, 5) is 12.0. The SMILES string of the molecule is CC(C)CNc1cnn(Cc2ccc(Cl)cc2F)c(=O)c1. The third-order valence-corrected chi connectivity index (χ3v) is 3.15. The molecule has 4 nitrogen and oxygen atoms in total. The van der Waals surface area contributed by atoms with E-state index in [1.54, 1.807) is 18.3 Å². The number of aromatic nitrogens is 2. The minimum atomic E-state index is -0.446. The van der Waals surface area contributed by atoms with E-state index in [2.05, 4.69) is 24.3 Å². The molecule has 2 rings (SSSR count). The van der Waals surface area contributed by atoms with Crippen LogP contribution in [0.3, 0.4) is 0 Å². The maximum absolute atomic E-state index is 13.7. The summed E-state index contributed by atoms with van der Waals surface area (Å²) in [5, 5.41) is 7.51. The van der Waals surface area contributed by atoms with Crippen LogP contribution in [0.1, 0.15) is 19.4 Å². The molecular formula is C15H17ClFN3O. The molecular weight excluding hydrogens is 293 g/mol. The van der Waals surface area contributed by atoms with Gasteiger partial charge in [-0.15, -0.1) is 0 Å². The number of rotatable bonds is 5. The van der Waals surface area contributed by atoms with Gasteiger partial charge in [-0.3, -0.25) is 4.79 Å². The standard InChI is InChI=1S/C15H17ClFN3O/c1-10(2)7-18-13-6-15(21)20(19-8-13)9-11-3-4-12(16)5-14(11)17/h3-6,8,10,18H,7,9H2,1-2H3. The first kappa shape index (κ1) is 15.5. The fraction of sp³-hybridized carbons (Fsp3) is 0.333. The van der Waals surface area contributed by atoms with Gasteiger partial charge in [-0.25, -0.2) is 9.07 Å². The van der Waals surface area contributed by atoms with Crippen LogP contribution in [0, 0.1) is 11.7 Å². The average molecular weight is 310 g/mol. The molecule has 2 aromatic rings. The Hall–Kier alpha value is -1.88. The number of nitrogens with one attached hydrogen (secondary N) is 1. The largest absolute Gasteiger partial charge is 0.383 e. The number of hydrogen-bond acceptors (Lipinski definition) is 3. The molecule has 1 N–H and O–H groups in total. The molecule has 0 bridgehead atoms. The first-order chi connectivity index (χ1) is 9.95. The van der Waals surface area contributed by atoms with Gasteiger partial charge in [-0.2, -0.15) is 5.10 Å². The van der Waals surface area contributed by atoms with Gasteiger partial charge < -0.3 is 5.32 Å². The van der Waals surface area contributed by atoms with Gasteiger partial charge in [0.05, 0.1) is 18.4 Å². The summed E-state index contributed by atoms with van der Waals surface area (Å²) in [5.41, 5.74) is 0.761. The van der Waals surface area contributed by atoms with Crippen LogP contribution in [-0.2, 0) is 6.54 Å². The molecule has 1 aromatic carbocycles. The lowest BCUT2D eigenvalue weighted by Gasteiger charge is -2.10. The van der Waals surface area contributed by atoms with Crippen LogP contribution < -0.4 is 10.9 Å². The normalized spacial score (nSPS) is 10.9. The molecule has 0 unspecified atom stereocenters. The molecule has 0 atom stereocenters. The van der Waals surface area contributed by atoms with Crippen molar-refractivity contribution in [1.82, 2.24) is 9.78 Å². The minimum Gasteiger partial charge on any atom is -0.383 e. The van der Waals surface area contributed by atoms with Crippen molar-refractivity contribution in [3.05, 3.63) is 57.2 Å². The monoisotopic (exact) mass is 309 g/mol. The zero-order valence-electron chi connectivity index (χ0n) is 11.9. The second-order valence-corrected chi connectivity index (χ2v) is 5.69. The Morgan fingerprint density at radius 2 is 2.14 bits per heavy atom. The summed E-state index contributed by atoms with van der Waals surface area (Å²) in [6.07, 6.45) is 1.57. The molecule has 21 heavy (non-hydrogen) atoms. The van der Waals surface area contributed by atoms with Crippen molar-refractivity contribution in [2.75, 3.05) is 11.9 Å². The highest BCUT2D eigenvalue weighted by molar-refractivity contribution is 6.30. The maximum atomic E-state index is 13.7. The summed E-state index contributed by atoms with van der Waals surface area (Å²) in [6, 6.07) is 5.82. The molecule has 0 aliphatic carbocycles. The van der Waals surface area contributed by atoms with E-state index in [0.29, 0.717) is 22.2 Å². The Morgan fingerprint density at radius 1 is 1.38 bits per heavy atom. The van der Waals surface area contributed by atoms with Crippen molar-refractivity contribution in [1.29, 1.82) is 0 Å². The van der Waals surface area contributed by atoms with E-state index < -0.39 is 5.82 Å². The topological polar surface area (TPSA) is 46.9 Å². The minimum absolute atomic E-state index is 0.0757. The van der Waals surface area contributed by atoms with Crippen molar-refractivity contribution in [3.63, 3.8) is 0 Å². The number of nitrogens with zero attached hydrogens (tertiary/aromatic N) is 2. The molecule has 112 valence electrons. The molecule has 0 aliphatic rings. The first-order valence-corrected chi connectivity index (χ1v) is 7.08. The van der Waals surface area contributed by atoms with Gasteiger partial charge in [0, 0.05) is 23.2 Å². The Bertz CT molecular complexity index is 685. The van der Waals surface area contributed by atoms with Crippen LogP contribution in [0.15, 0.2) is 35.3 Å². The van der Waals surface area contributed by atoms with Gasteiger partial charge in [-0.1, -0.05) is 31.5 Å². The molecule has 6 heteroatoms. The molecule has 0 spiro atoms. The van der Waals surface area contributed by atoms with Crippen LogP contribution in [0.2, 0.25) is 5.02 Å². The highest BCUT2D eigenvalue weighted by atomic mass is 35.5. The fourth-order valence-corrected chi connectivity index (χ4v) is 1.94. The molecule has 0 fully saturated rings. The van der Waals surface area contributed by atoms with Crippen LogP contribution in [0.25, 0.3) is 0 Å². The van der Waals surface area contributed by atoms with Gasteiger partial charge in [0.1, 0.15) is 5.82 Å². The Balaban J connectivity index is 2.16. The maximum Gasteiger partial charge on any atom is 0.269 e. The van der Waals surface area contributed by atoms with Crippen molar-refractivity contribution >= 4 is 17.3 Å². The van der Waals surface area contributed by atoms with E-state index in [0.717, 1.165) is 6.54 Å². The lowest BCUT2D eigenvalue weighted by molar-refractivity contribution is 0.572. The van der Waals surface area contributed by atoms with Crippen molar-refractivity contribution < 1.29 is 4.39 Å². The van der Waals surface area contributed by atoms with E-state index in [4.69, 9.17) is 11.6 Å². The van der Waals surface area contributed by atoms with E-state index in [1.807, 2.05) is 0 Å². The van der Waals surface area contributed by atoms with E-state index >= 15 is 0 Å². The smallest absolute Gasteiger partial charge is 0.269 e. The fourth-order valence-electron chi connectivity index (χ4n) is 1.78. The van der Waals surface area contributed by atoms with Crippen LogP contribution in [0.5, 0.6) is 0 Å². The van der Waals surface area contributed by atoms with E-state index in [-0.39, 0.29) is 12.1 Å². The van der Waals surface area contributed by atoms with Crippen molar-refractivity contribution in [3.8, 4) is 0 Å². The van der Waals surface area contributed by atoms with Gasteiger partial charge in [0.25, 0.3) is 5.56 Å². The quantitative estimate of drug-likeness (QED) is 0.923. The Labute approximate surface area is 127 Å².